The molecule has 8 heteroatoms. The monoisotopic (exact) mass is 489 g/mol. The molecule has 0 aliphatic rings. The summed E-state index contributed by atoms with van der Waals surface area (Å²) in [6, 6.07) is 19.3. The number of hydrogen-bond acceptors (Lipinski definition) is 6. The molecule has 2 amide bonds. The maximum absolute atomic E-state index is 12.6. The van der Waals surface area contributed by atoms with E-state index in [1.165, 1.54) is 19.3 Å². The van der Waals surface area contributed by atoms with E-state index in [9.17, 15) is 14.7 Å². The number of hydrogen-bond donors (Lipinski definition) is 4. The Morgan fingerprint density at radius 2 is 1.81 bits per heavy atom. The third kappa shape index (κ3) is 7.80. The number of phenolic OH excluding ortho intramolecular Hbond substituents is 1. The number of carbonyl (C=O) groups is 2. The molecule has 36 heavy (non-hydrogen) atoms. The van der Waals surface area contributed by atoms with E-state index in [1.54, 1.807) is 54.6 Å². The molecule has 0 saturated carbocycles. The molecule has 0 aliphatic carbocycles. The number of benzene rings is 3. The van der Waals surface area contributed by atoms with Gasteiger partial charge in [-0.1, -0.05) is 42.0 Å². The van der Waals surface area contributed by atoms with E-state index in [0.717, 1.165) is 5.56 Å². The lowest BCUT2D eigenvalue weighted by atomic mass is 10.0. The lowest BCUT2D eigenvalue weighted by Crippen LogP contribution is -2.17. The zero-order valence-corrected chi connectivity index (χ0v) is 20.4. The van der Waals surface area contributed by atoms with Crippen molar-refractivity contribution in [3.05, 3.63) is 90.0 Å². The van der Waals surface area contributed by atoms with Crippen LogP contribution < -0.4 is 21.1 Å². The molecule has 0 aliphatic heterocycles. The maximum atomic E-state index is 12.6. The Hall–Kier alpha value is -4.46. The van der Waals surface area contributed by atoms with E-state index >= 15 is 0 Å². The SMILES string of the molecule is COc1ccc([C@H](CCC/C=C/C(=O)Nc2ccccc2N)OC(=O)Nc2ccc(C)cc2)cc1O. The Labute approximate surface area is 210 Å². The third-order valence-electron chi connectivity index (χ3n) is 5.45. The number of unbranched alkanes of at least 4 members (excludes halogenated alkanes) is 1. The van der Waals surface area contributed by atoms with Crippen molar-refractivity contribution < 1.29 is 24.2 Å². The van der Waals surface area contributed by atoms with Crippen molar-refractivity contribution in [2.75, 3.05) is 23.5 Å². The fourth-order valence-electron chi connectivity index (χ4n) is 3.51. The zero-order chi connectivity index (χ0) is 25.9. The summed E-state index contributed by atoms with van der Waals surface area (Å²) in [6.45, 7) is 1.96. The number of carbonyl (C=O) groups excluding carboxylic acids is 2. The van der Waals surface area contributed by atoms with Gasteiger partial charge in [-0.05, 0) is 74.2 Å². The van der Waals surface area contributed by atoms with Crippen LogP contribution in [0.4, 0.5) is 21.9 Å². The van der Waals surface area contributed by atoms with Crippen LogP contribution in [-0.2, 0) is 9.53 Å². The predicted molar refractivity (Wildman–Crippen MR) is 141 cm³/mol. The minimum Gasteiger partial charge on any atom is -0.504 e. The van der Waals surface area contributed by atoms with Gasteiger partial charge in [-0.2, -0.15) is 0 Å². The first-order chi connectivity index (χ1) is 17.4. The number of ether oxygens (including phenoxy) is 2. The average molecular weight is 490 g/mol. The number of rotatable bonds is 10. The maximum Gasteiger partial charge on any atom is 0.412 e. The molecule has 5 N–H and O–H groups in total. The van der Waals surface area contributed by atoms with Crippen LogP contribution >= 0.6 is 0 Å². The number of para-hydroxylation sites is 2. The van der Waals surface area contributed by atoms with Gasteiger partial charge in [0.1, 0.15) is 6.10 Å². The molecular formula is C28H31N3O5. The molecular weight excluding hydrogens is 458 g/mol. The van der Waals surface area contributed by atoms with Crippen molar-refractivity contribution in [3.63, 3.8) is 0 Å². The highest BCUT2D eigenvalue weighted by Gasteiger charge is 2.18. The first kappa shape index (κ1) is 26.2. The first-order valence-electron chi connectivity index (χ1n) is 11.6. The summed E-state index contributed by atoms with van der Waals surface area (Å²) < 4.78 is 10.8. The van der Waals surface area contributed by atoms with Crippen LogP contribution in [0, 0.1) is 6.92 Å². The molecule has 0 bridgehead atoms. The number of nitrogens with one attached hydrogen (secondary N) is 2. The van der Waals surface area contributed by atoms with Crippen LogP contribution in [0.15, 0.2) is 78.9 Å². The third-order valence-corrected chi connectivity index (χ3v) is 5.45. The molecule has 0 unspecified atom stereocenters. The van der Waals surface area contributed by atoms with E-state index in [0.29, 0.717) is 47.6 Å². The summed E-state index contributed by atoms with van der Waals surface area (Å²) >= 11 is 0. The molecule has 188 valence electrons. The van der Waals surface area contributed by atoms with Crippen LogP contribution in [0.3, 0.4) is 0 Å². The number of amides is 2. The molecule has 0 aromatic heterocycles. The predicted octanol–water partition coefficient (Wildman–Crippen LogP) is 5.95. The van der Waals surface area contributed by atoms with Crippen molar-refractivity contribution in [1.29, 1.82) is 0 Å². The number of aryl methyl sites for hydroxylation is 1. The van der Waals surface area contributed by atoms with Gasteiger partial charge < -0.3 is 25.6 Å². The van der Waals surface area contributed by atoms with Crippen molar-refractivity contribution in [2.45, 2.75) is 32.3 Å². The van der Waals surface area contributed by atoms with Crippen molar-refractivity contribution in [1.82, 2.24) is 0 Å². The average Bonchev–Trinajstić information content (AvgIpc) is 2.86. The minimum atomic E-state index is -0.612. The molecule has 3 rings (SSSR count). The molecule has 3 aromatic rings. The van der Waals surface area contributed by atoms with Gasteiger partial charge in [0.05, 0.1) is 18.5 Å². The van der Waals surface area contributed by atoms with E-state index in [2.05, 4.69) is 10.6 Å². The summed E-state index contributed by atoms with van der Waals surface area (Å²) in [5, 5.41) is 15.7. The second kappa shape index (κ2) is 12.9. The van der Waals surface area contributed by atoms with Crippen LogP contribution in [0.25, 0.3) is 0 Å². The van der Waals surface area contributed by atoms with Crippen molar-refractivity contribution >= 4 is 29.1 Å². The molecule has 3 aromatic carbocycles. The van der Waals surface area contributed by atoms with E-state index in [4.69, 9.17) is 15.2 Å². The number of methoxy groups -OCH3 is 1. The van der Waals surface area contributed by atoms with Crippen molar-refractivity contribution in [3.8, 4) is 11.5 Å². The van der Waals surface area contributed by atoms with Gasteiger partial charge in [0, 0.05) is 5.69 Å². The number of allylic oxidation sites excluding steroid dienone is 1. The van der Waals surface area contributed by atoms with Crippen LogP contribution in [0.2, 0.25) is 0 Å². The zero-order valence-electron chi connectivity index (χ0n) is 20.4. The summed E-state index contributed by atoms with van der Waals surface area (Å²) in [5.41, 5.74) is 9.22. The molecule has 0 fully saturated rings. The smallest absolute Gasteiger partial charge is 0.412 e. The molecule has 0 spiro atoms. The number of nitrogen functional groups attached to an aromatic ring is 1. The Bertz CT molecular complexity index is 1210. The Kier molecular flexibility index (Phi) is 9.33. The first-order valence-corrected chi connectivity index (χ1v) is 11.6. The van der Waals surface area contributed by atoms with Gasteiger partial charge in [-0.25, -0.2) is 4.79 Å². The summed E-state index contributed by atoms with van der Waals surface area (Å²) in [5.74, 6) is 0.00662. The quantitative estimate of drug-likeness (QED) is 0.159. The largest absolute Gasteiger partial charge is 0.504 e. The minimum absolute atomic E-state index is 0.0423. The molecule has 8 nitrogen and oxygen atoms in total. The Balaban J connectivity index is 1.60. The van der Waals surface area contributed by atoms with Gasteiger partial charge in [0.2, 0.25) is 5.91 Å². The van der Waals surface area contributed by atoms with Crippen LogP contribution in [0.1, 0.15) is 36.5 Å². The number of nitrogens with two attached hydrogens (primary N) is 1. The van der Waals surface area contributed by atoms with Gasteiger partial charge in [0.25, 0.3) is 0 Å². The van der Waals surface area contributed by atoms with Gasteiger partial charge in [0.15, 0.2) is 11.5 Å². The topological polar surface area (TPSA) is 123 Å². The summed E-state index contributed by atoms with van der Waals surface area (Å²) in [4.78, 5) is 24.7. The fourth-order valence-corrected chi connectivity index (χ4v) is 3.51. The molecule has 1 atom stereocenters. The van der Waals surface area contributed by atoms with E-state index in [-0.39, 0.29) is 11.7 Å². The number of aromatic hydroxyl groups is 1. The van der Waals surface area contributed by atoms with Gasteiger partial charge >= 0.3 is 6.09 Å². The molecule has 0 radical (unpaired) electrons. The highest BCUT2D eigenvalue weighted by atomic mass is 16.6. The fraction of sp³-hybridized carbons (Fsp3) is 0.214. The van der Waals surface area contributed by atoms with Crippen molar-refractivity contribution in [2.24, 2.45) is 0 Å². The van der Waals surface area contributed by atoms with E-state index in [1.807, 2.05) is 19.1 Å². The van der Waals surface area contributed by atoms with Crippen LogP contribution in [-0.4, -0.2) is 24.2 Å². The highest BCUT2D eigenvalue weighted by Crippen LogP contribution is 2.32. The number of phenols is 1. The second-order valence-corrected chi connectivity index (χ2v) is 8.23. The van der Waals surface area contributed by atoms with Gasteiger partial charge in [-0.15, -0.1) is 0 Å². The van der Waals surface area contributed by atoms with Gasteiger partial charge in [-0.3, -0.25) is 10.1 Å². The second-order valence-electron chi connectivity index (χ2n) is 8.23. The number of anilines is 3. The lowest BCUT2D eigenvalue weighted by Gasteiger charge is -2.19. The normalized spacial score (nSPS) is 11.6. The Morgan fingerprint density at radius 3 is 2.50 bits per heavy atom. The Morgan fingerprint density at radius 1 is 1.06 bits per heavy atom. The summed E-state index contributed by atoms with van der Waals surface area (Å²) in [6.07, 6.45) is 3.68. The molecule has 0 heterocycles. The lowest BCUT2D eigenvalue weighted by molar-refractivity contribution is -0.111. The van der Waals surface area contributed by atoms with E-state index < -0.39 is 12.2 Å². The highest BCUT2D eigenvalue weighted by molar-refractivity contribution is 6.01. The standard InChI is InChI=1S/C28H31N3O5/c1-19-12-15-21(16-13-19)30-28(34)36-25(20-14-17-26(35-2)24(32)18-20)10-4-3-5-11-27(33)31-23-9-7-6-8-22(23)29/h5-9,11-18,25,32H,3-4,10,29H2,1-2H3,(H,30,34)(H,31,33)/b11-5+/t25-/m0/s1. The summed E-state index contributed by atoms with van der Waals surface area (Å²) in [7, 11) is 1.46. The molecule has 0 saturated heterocycles. The van der Waals surface area contributed by atoms with Crippen LogP contribution in [0.5, 0.6) is 11.5 Å².